The van der Waals surface area contributed by atoms with Crippen molar-refractivity contribution in [1.82, 2.24) is 4.98 Å². The first-order valence-electron chi connectivity index (χ1n) is 10.3. The van der Waals surface area contributed by atoms with Gasteiger partial charge in [-0.1, -0.05) is 35.9 Å². The van der Waals surface area contributed by atoms with Gasteiger partial charge in [-0.15, -0.1) is 0 Å². The molecule has 1 heterocycles. The Kier molecular flexibility index (Phi) is 7.10. The lowest BCUT2D eigenvalue weighted by Crippen LogP contribution is -2.36. The first-order chi connectivity index (χ1) is 16.6. The summed E-state index contributed by atoms with van der Waals surface area (Å²) in [5.41, 5.74) is -4.16. The SMILES string of the molecule is Cc1ccccc1-c1cc(Cl)nc(C#N)c1NC(=O)C(C)(C)c1cc(C(F)(F)F)cc(C(F)(F)F)c1. The summed E-state index contributed by atoms with van der Waals surface area (Å²) in [6, 6.07) is 11.2. The number of anilines is 1. The zero-order valence-corrected chi connectivity index (χ0v) is 19.8. The Morgan fingerprint density at radius 3 is 1.94 bits per heavy atom. The van der Waals surface area contributed by atoms with Crippen LogP contribution in [0.15, 0.2) is 48.5 Å². The molecule has 4 nitrogen and oxygen atoms in total. The molecule has 188 valence electrons. The van der Waals surface area contributed by atoms with Crippen LogP contribution in [0.4, 0.5) is 32.0 Å². The summed E-state index contributed by atoms with van der Waals surface area (Å²) in [5, 5.41) is 12.0. The van der Waals surface area contributed by atoms with Gasteiger partial charge in [0.2, 0.25) is 5.91 Å². The third-order valence-corrected chi connectivity index (χ3v) is 5.84. The Morgan fingerprint density at radius 2 is 1.44 bits per heavy atom. The molecule has 0 aliphatic heterocycles. The van der Waals surface area contributed by atoms with Gasteiger partial charge in [-0.2, -0.15) is 31.6 Å². The first-order valence-corrected chi connectivity index (χ1v) is 10.7. The molecule has 0 spiro atoms. The topological polar surface area (TPSA) is 65.8 Å². The van der Waals surface area contributed by atoms with Crippen LogP contribution in [0.5, 0.6) is 0 Å². The number of benzene rings is 2. The molecule has 0 aliphatic carbocycles. The van der Waals surface area contributed by atoms with Crippen molar-refractivity contribution in [2.45, 2.75) is 38.5 Å². The lowest BCUT2D eigenvalue weighted by atomic mass is 9.81. The number of carbonyl (C=O) groups is 1. The van der Waals surface area contributed by atoms with E-state index in [0.29, 0.717) is 23.3 Å². The number of carbonyl (C=O) groups excluding carboxylic acids is 1. The summed E-state index contributed by atoms with van der Waals surface area (Å²) in [6.07, 6.45) is -10.1. The number of pyridine rings is 1. The van der Waals surface area contributed by atoms with E-state index in [9.17, 15) is 36.4 Å². The van der Waals surface area contributed by atoms with Crippen LogP contribution in [0.1, 0.15) is 41.8 Å². The monoisotopic (exact) mass is 525 g/mol. The number of nitriles is 1. The second-order valence-corrected chi connectivity index (χ2v) is 8.90. The third kappa shape index (κ3) is 5.46. The maximum atomic E-state index is 13.4. The van der Waals surface area contributed by atoms with Gasteiger partial charge in [-0.05, 0) is 61.7 Å². The van der Waals surface area contributed by atoms with Crippen LogP contribution in [0.2, 0.25) is 5.15 Å². The molecule has 3 rings (SSSR count). The predicted molar refractivity (Wildman–Crippen MR) is 122 cm³/mol. The molecule has 0 radical (unpaired) electrons. The normalized spacial score (nSPS) is 12.2. The molecule has 2 aromatic carbocycles. The van der Waals surface area contributed by atoms with Gasteiger partial charge in [0, 0.05) is 5.56 Å². The average molecular weight is 526 g/mol. The summed E-state index contributed by atoms with van der Waals surface area (Å²) in [7, 11) is 0. The fourth-order valence-corrected chi connectivity index (χ4v) is 3.72. The van der Waals surface area contributed by atoms with Crippen LogP contribution in [0.25, 0.3) is 11.1 Å². The molecule has 1 amide bonds. The number of aromatic nitrogens is 1. The van der Waals surface area contributed by atoms with Crippen molar-refractivity contribution in [3.8, 4) is 17.2 Å². The summed E-state index contributed by atoms with van der Waals surface area (Å²) in [4.78, 5) is 17.2. The first kappa shape index (κ1) is 27.0. The van der Waals surface area contributed by atoms with Crippen molar-refractivity contribution in [2.75, 3.05) is 5.32 Å². The van der Waals surface area contributed by atoms with Gasteiger partial charge in [0.15, 0.2) is 5.69 Å². The van der Waals surface area contributed by atoms with Crippen molar-refractivity contribution in [3.63, 3.8) is 0 Å². The van der Waals surface area contributed by atoms with Crippen molar-refractivity contribution in [2.24, 2.45) is 0 Å². The predicted octanol–water partition coefficient (Wildman–Crippen LogP) is 7.54. The maximum Gasteiger partial charge on any atom is 0.416 e. The molecular formula is C25H18ClF6N3O. The van der Waals surface area contributed by atoms with E-state index < -0.39 is 40.4 Å². The molecule has 0 atom stereocenters. The highest BCUT2D eigenvalue weighted by Gasteiger charge is 2.40. The summed E-state index contributed by atoms with van der Waals surface area (Å²) in [6.45, 7) is 4.13. The Hall–Kier alpha value is -3.58. The van der Waals surface area contributed by atoms with E-state index in [1.165, 1.54) is 19.9 Å². The fraction of sp³-hybridized carbons (Fsp3) is 0.240. The second kappa shape index (κ2) is 9.47. The smallest absolute Gasteiger partial charge is 0.322 e. The van der Waals surface area contributed by atoms with E-state index >= 15 is 0 Å². The number of rotatable bonds is 4. The Bertz CT molecular complexity index is 1340. The van der Waals surface area contributed by atoms with Crippen LogP contribution in [-0.2, 0) is 22.6 Å². The number of alkyl halides is 6. The van der Waals surface area contributed by atoms with Gasteiger partial charge in [0.25, 0.3) is 0 Å². The Labute approximate surface area is 207 Å². The lowest BCUT2D eigenvalue weighted by Gasteiger charge is -2.27. The molecule has 0 saturated heterocycles. The third-order valence-electron chi connectivity index (χ3n) is 5.64. The molecule has 36 heavy (non-hydrogen) atoms. The molecular weight excluding hydrogens is 508 g/mol. The van der Waals surface area contributed by atoms with Crippen LogP contribution in [0, 0.1) is 18.3 Å². The maximum absolute atomic E-state index is 13.4. The number of nitrogens with one attached hydrogen (secondary N) is 1. The standard InChI is InChI=1S/C25H18ClF6N3O/c1-13-6-4-5-7-17(13)18-11-20(26)34-19(12-33)21(18)35-22(36)23(2,3)14-8-15(24(27,28)29)10-16(9-14)25(30,31)32/h4-11H,1-3H3,(H,35,36). The minimum absolute atomic E-state index is 0.00926. The minimum atomic E-state index is -5.07. The fourth-order valence-electron chi connectivity index (χ4n) is 3.53. The van der Waals surface area contributed by atoms with E-state index in [4.69, 9.17) is 11.6 Å². The molecule has 0 fully saturated rings. The number of aryl methyl sites for hydroxylation is 1. The van der Waals surface area contributed by atoms with Crippen LogP contribution in [0.3, 0.4) is 0 Å². The van der Waals surface area contributed by atoms with E-state index in [1.807, 2.05) is 6.07 Å². The second-order valence-electron chi connectivity index (χ2n) is 8.52. The number of hydrogen-bond donors (Lipinski definition) is 1. The molecule has 0 aliphatic rings. The van der Waals surface area contributed by atoms with Crippen LogP contribution >= 0.6 is 11.6 Å². The van der Waals surface area contributed by atoms with Crippen LogP contribution in [-0.4, -0.2) is 10.9 Å². The Balaban J connectivity index is 2.15. The van der Waals surface area contributed by atoms with Crippen molar-refractivity contribution < 1.29 is 31.1 Å². The summed E-state index contributed by atoms with van der Waals surface area (Å²) < 4.78 is 80.2. The number of nitrogens with zero attached hydrogens (tertiary/aromatic N) is 2. The van der Waals surface area contributed by atoms with Gasteiger partial charge >= 0.3 is 12.4 Å². The van der Waals surface area contributed by atoms with E-state index in [0.717, 1.165) is 5.56 Å². The number of halogens is 7. The largest absolute Gasteiger partial charge is 0.416 e. The van der Waals surface area contributed by atoms with E-state index in [-0.39, 0.29) is 22.6 Å². The Morgan fingerprint density at radius 1 is 0.917 bits per heavy atom. The number of amides is 1. The highest BCUT2D eigenvalue weighted by atomic mass is 35.5. The van der Waals surface area contributed by atoms with Gasteiger partial charge in [0.05, 0.1) is 22.2 Å². The molecule has 1 aromatic heterocycles. The van der Waals surface area contributed by atoms with Gasteiger partial charge in [-0.3, -0.25) is 4.79 Å². The molecule has 1 N–H and O–H groups in total. The van der Waals surface area contributed by atoms with E-state index in [1.54, 1.807) is 31.2 Å². The molecule has 11 heteroatoms. The summed E-state index contributed by atoms with van der Waals surface area (Å²) in [5.74, 6) is -0.953. The number of hydrogen-bond acceptors (Lipinski definition) is 3. The highest BCUT2D eigenvalue weighted by molar-refractivity contribution is 6.30. The molecule has 0 saturated carbocycles. The highest BCUT2D eigenvalue weighted by Crippen LogP contribution is 2.40. The minimum Gasteiger partial charge on any atom is -0.322 e. The van der Waals surface area contributed by atoms with Crippen LogP contribution < -0.4 is 5.32 Å². The lowest BCUT2D eigenvalue weighted by molar-refractivity contribution is -0.143. The zero-order valence-electron chi connectivity index (χ0n) is 19.1. The van der Waals surface area contributed by atoms with Gasteiger partial charge in [-0.25, -0.2) is 4.98 Å². The van der Waals surface area contributed by atoms with Crippen molar-refractivity contribution in [3.05, 3.63) is 81.6 Å². The van der Waals surface area contributed by atoms with Crippen molar-refractivity contribution >= 4 is 23.2 Å². The quantitative estimate of drug-likeness (QED) is 0.283. The summed E-state index contributed by atoms with van der Waals surface area (Å²) >= 11 is 6.06. The van der Waals surface area contributed by atoms with E-state index in [2.05, 4.69) is 10.3 Å². The van der Waals surface area contributed by atoms with Crippen molar-refractivity contribution in [1.29, 1.82) is 5.26 Å². The molecule has 3 aromatic rings. The molecule has 0 unspecified atom stereocenters. The van der Waals surface area contributed by atoms with Gasteiger partial charge < -0.3 is 5.32 Å². The average Bonchev–Trinajstić information content (AvgIpc) is 2.78. The zero-order chi connectivity index (χ0) is 27.1. The molecule has 0 bridgehead atoms. The van der Waals surface area contributed by atoms with Gasteiger partial charge in [0.1, 0.15) is 11.2 Å².